The van der Waals surface area contributed by atoms with Gasteiger partial charge in [-0.25, -0.2) is 0 Å². The smallest absolute Gasteiger partial charge is 0.252 e. The molecule has 0 amide bonds. The predicted molar refractivity (Wildman–Crippen MR) is 373 cm³/mol. The van der Waals surface area contributed by atoms with Crippen molar-refractivity contribution in [1.82, 2.24) is 0 Å². The quantitative estimate of drug-likeness (QED) is 0.0850. The van der Waals surface area contributed by atoms with Crippen LogP contribution in [0.25, 0.3) is 110 Å². The van der Waals surface area contributed by atoms with Gasteiger partial charge in [-0.1, -0.05) is 300 Å². The summed E-state index contributed by atoms with van der Waals surface area (Å²) in [6.07, 6.45) is 0. The lowest BCUT2D eigenvalue weighted by Crippen LogP contribution is -2.61. The summed E-state index contributed by atoms with van der Waals surface area (Å²) in [4.78, 5) is 5.34. The van der Waals surface area contributed by atoms with Gasteiger partial charge in [-0.2, -0.15) is 0 Å². The van der Waals surface area contributed by atoms with Gasteiger partial charge in [0.2, 0.25) is 0 Å². The summed E-state index contributed by atoms with van der Waals surface area (Å²) in [6.45, 7) is 6.93. The molecule has 0 aromatic heterocycles. The molecule has 408 valence electrons. The first-order valence-electron chi connectivity index (χ1n) is 30.5. The molecule has 0 aliphatic carbocycles. The van der Waals surface area contributed by atoms with Crippen molar-refractivity contribution in [2.45, 2.75) is 26.2 Å². The van der Waals surface area contributed by atoms with Crippen molar-refractivity contribution in [2.24, 2.45) is 0 Å². The van der Waals surface area contributed by atoms with Gasteiger partial charge >= 0.3 is 0 Å². The Labute approximate surface area is 508 Å². The molecule has 0 radical (unpaired) electrons. The number of fused-ring (bicyclic) bond motifs is 6. The van der Waals surface area contributed by atoms with Crippen LogP contribution in [0.15, 0.2) is 303 Å². The van der Waals surface area contributed by atoms with Gasteiger partial charge in [-0.05, 0) is 139 Å². The molecule has 2 nitrogen and oxygen atoms in total. The fraction of sp³-hybridized carbons (Fsp3) is 0.0476. The summed E-state index contributed by atoms with van der Waals surface area (Å²) in [5, 5.41) is 10.3. The number of anilines is 6. The number of rotatable bonds is 8. The largest absolute Gasteiger partial charge is 0.310 e. The minimum Gasteiger partial charge on any atom is -0.310 e. The van der Waals surface area contributed by atoms with Crippen LogP contribution in [0.3, 0.4) is 0 Å². The van der Waals surface area contributed by atoms with E-state index in [1.165, 1.54) is 127 Å². The summed E-state index contributed by atoms with van der Waals surface area (Å²) in [5.41, 5.74) is 25.9. The highest BCUT2D eigenvalue weighted by atomic mass is 15.2. The summed E-state index contributed by atoms with van der Waals surface area (Å²) < 4.78 is 0. The van der Waals surface area contributed by atoms with E-state index in [0.717, 1.165) is 39.3 Å². The molecule has 0 unspecified atom stereocenters. The molecule has 0 fully saturated rings. The SMILES string of the molecule is CC(C)(C)c1cc2c3c(c1)N(c1c(-c4ccccc4)cccc1-c1ccccc1)c1ccc(-c4ccc5c6cccc7cccc(c8cccc4c85)c76)cc1B3c1cc(-c3ccccc3)ccc1N2c1c(-c2ccccc2)cccc1-c1ccccc1. The second kappa shape index (κ2) is 19.9. The number of hydrogen-bond acceptors (Lipinski definition) is 2. The second-order valence-corrected chi connectivity index (χ2v) is 24.7. The highest BCUT2D eigenvalue weighted by Gasteiger charge is 2.46. The lowest BCUT2D eigenvalue weighted by atomic mass is 9.33. The number of hydrogen-bond donors (Lipinski definition) is 0. The van der Waals surface area contributed by atoms with Crippen LogP contribution < -0.4 is 26.2 Å². The van der Waals surface area contributed by atoms with Crippen molar-refractivity contribution in [3.63, 3.8) is 0 Å². The second-order valence-electron chi connectivity index (χ2n) is 24.7. The maximum atomic E-state index is 2.68. The van der Waals surface area contributed by atoms with Crippen molar-refractivity contribution in [1.29, 1.82) is 0 Å². The molecule has 0 bridgehead atoms. The molecule has 3 heteroatoms. The molecular formula is C84H59BN2. The number of nitrogens with zero attached hydrogens (tertiary/aromatic N) is 2. The fourth-order valence-corrected chi connectivity index (χ4v) is 14.8. The lowest BCUT2D eigenvalue weighted by Gasteiger charge is -2.46. The van der Waals surface area contributed by atoms with Crippen LogP contribution in [0.5, 0.6) is 0 Å². The molecule has 2 aliphatic rings. The van der Waals surface area contributed by atoms with Gasteiger partial charge in [0, 0.05) is 45.0 Å². The average molecular weight is 1110 g/mol. The Hall–Kier alpha value is -10.7. The van der Waals surface area contributed by atoms with Crippen LogP contribution in [0, 0.1) is 0 Å². The molecule has 2 heterocycles. The van der Waals surface area contributed by atoms with Crippen molar-refractivity contribution >= 4 is 100 Å². The van der Waals surface area contributed by atoms with Crippen molar-refractivity contribution < 1.29 is 0 Å². The van der Waals surface area contributed by atoms with Crippen LogP contribution in [-0.4, -0.2) is 6.71 Å². The molecule has 87 heavy (non-hydrogen) atoms. The summed E-state index contributed by atoms with van der Waals surface area (Å²) in [7, 11) is 0. The summed E-state index contributed by atoms with van der Waals surface area (Å²) in [5.74, 6) is 0. The third-order valence-corrected chi connectivity index (χ3v) is 18.7. The highest BCUT2D eigenvalue weighted by Crippen LogP contribution is 2.54. The minimum atomic E-state index is -0.247. The Balaban J connectivity index is 1.03. The van der Waals surface area contributed by atoms with Gasteiger partial charge in [0.05, 0.1) is 11.4 Å². The molecule has 17 rings (SSSR count). The first-order chi connectivity index (χ1) is 42.8. The molecular weight excluding hydrogens is 1050 g/mol. The predicted octanol–water partition coefficient (Wildman–Crippen LogP) is 21.1. The molecule has 0 atom stereocenters. The van der Waals surface area contributed by atoms with Gasteiger partial charge in [0.15, 0.2) is 0 Å². The molecule has 0 saturated heterocycles. The van der Waals surface area contributed by atoms with Crippen LogP contribution >= 0.6 is 0 Å². The Morgan fingerprint density at radius 3 is 1.10 bits per heavy atom. The van der Waals surface area contributed by atoms with E-state index in [2.05, 4.69) is 334 Å². The van der Waals surface area contributed by atoms with E-state index in [1.807, 2.05) is 0 Å². The molecule has 0 N–H and O–H groups in total. The van der Waals surface area contributed by atoms with E-state index in [9.17, 15) is 0 Å². The Bertz CT molecular complexity index is 5000. The van der Waals surface area contributed by atoms with E-state index in [-0.39, 0.29) is 12.1 Å². The van der Waals surface area contributed by atoms with Gasteiger partial charge in [-0.3, -0.25) is 0 Å². The van der Waals surface area contributed by atoms with E-state index in [1.54, 1.807) is 0 Å². The van der Waals surface area contributed by atoms with Crippen LogP contribution in [0.1, 0.15) is 26.3 Å². The Morgan fingerprint density at radius 1 is 0.264 bits per heavy atom. The molecule has 15 aromatic carbocycles. The molecule has 2 aliphatic heterocycles. The van der Waals surface area contributed by atoms with E-state index >= 15 is 0 Å². The Morgan fingerprint density at radius 2 is 0.644 bits per heavy atom. The van der Waals surface area contributed by atoms with Gasteiger partial charge in [0.1, 0.15) is 0 Å². The summed E-state index contributed by atoms with van der Waals surface area (Å²) >= 11 is 0. The van der Waals surface area contributed by atoms with E-state index in [4.69, 9.17) is 0 Å². The third kappa shape index (κ3) is 8.03. The fourth-order valence-electron chi connectivity index (χ4n) is 14.8. The third-order valence-electron chi connectivity index (χ3n) is 18.7. The zero-order chi connectivity index (χ0) is 57.9. The van der Waals surface area contributed by atoms with Crippen LogP contribution in [0.2, 0.25) is 0 Å². The maximum Gasteiger partial charge on any atom is 0.252 e. The van der Waals surface area contributed by atoms with Crippen molar-refractivity contribution in [3.8, 4) is 66.8 Å². The van der Waals surface area contributed by atoms with Gasteiger partial charge in [-0.15, -0.1) is 0 Å². The van der Waals surface area contributed by atoms with Crippen molar-refractivity contribution in [2.75, 3.05) is 9.80 Å². The maximum absolute atomic E-state index is 2.68. The first-order valence-corrected chi connectivity index (χ1v) is 30.5. The normalized spacial score (nSPS) is 12.7. The number of benzene rings is 15. The number of para-hydroxylation sites is 2. The first kappa shape index (κ1) is 50.8. The van der Waals surface area contributed by atoms with Crippen molar-refractivity contribution in [3.05, 3.63) is 309 Å². The van der Waals surface area contributed by atoms with E-state index < -0.39 is 0 Å². The van der Waals surface area contributed by atoms with Gasteiger partial charge < -0.3 is 9.80 Å². The standard InChI is InChI=1S/C84H59BN2/c1-84(2,3)62-52-77-81-78(53-62)87(83-66(57-30-15-7-16-31-57)38-22-39-67(83)58-32-17-8-18-33-58)76-49-45-61(63-46-47-72-70-41-20-35-59-34-19-40-69(79(59)70)71-43-23-42-68(63)80(71)72)51-74(76)85(81)73-50-60(54-24-9-4-10-25-54)44-48-75(73)86(77)82-64(55-26-11-5-12-27-55)36-21-37-65(82)56-28-13-6-14-29-56/h4-53H,1-3H3. The Kier molecular flexibility index (Phi) is 11.6. The van der Waals surface area contributed by atoms with E-state index in [0.29, 0.717) is 0 Å². The summed E-state index contributed by atoms with van der Waals surface area (Å²) in [6, 6.07) is 114. The zero-order valence-corrected chi connectivity index (χ0v) is 48.8. The monoisotopic (exact) mass is 1110 g/mol. The van der Waals surface area contributed by atoms with Crippen LogP contribution in [-0.2, 0) is 5.41 Å². The highest BCUT2D eigenvalue weighted by molar-refractivity contribution is 7.00. The van der Waals surface area contributed by atoms with Crippen LogP contribution in [0.4, 0.5) is 34.1 Å². The molecule has 0 spiro atoms. The zero-order valence-electron chi connectivity index (χ0n) is 48.8. The van der Waals surface area contributed by atoms with Gasteiger partial charge in [0.25, 0.3) is 6.71 Å². The topological polar surface area (TPSA) is 6.48 Å². The average Bonchev–Trinajstić information content (AvgIpc) is 0.723. The lowest BCUT2D eigenvalue weighted by molar-refractivity contribution is 0.590. The molecule has 15 aromatic rings. The minimum absolute atomic E-state index is 0.192. The molecule has 0 saturated carbocycles.